The third-order valence-electron chi connectivity index (χ3n) is 4.10. The minimum absolute atomic E-state index is 0.521. The lowest BCUT2D eigenvalue weighted by Crippen LogP contribution is -2.32. The fourth-order valence-corrected chi connectivity index (χ4v) is 2.58. The number of aliphatic hydroxyl groups is 1. The van der Waals surface area contributed by atoms with Gasteiger partial charge in [0.2, 0.25) is 0 Å². The van der Waals surface area contributed by atoms with Gasteiger partial charge < -0.3 is 24.8 Å². The Morgan fingerprint density at radius 3 is 2.81 bits per heavy atom. The van der Waals surface area contributed by atoms with Crippen molar-refractivity contribution in [3.8, 4) is 11.5 Å². The summed E-state index contributed by atoms with van der Waals surface area (Å²) in [6.45, 7) is 3.63. The molecule has 0 aromatic heterocycles. The standard InChI is InChI=1S/C16H24N2O3/c1-18(13-3-4-13)7-6-17-11-14(19)12-2-5-15-16(10-12)21-9-8-20-15/h2,5,10,13-14,17,19H,3-4,6-9,11H2,1H3. The molecule has 21 heavy (non-hydrogen) atoms. The highest BCUT2D eigenvalue weighted by molar-refractivity contribution is 5.44. The van der Waals surface area contributed by atoms with E-state index in [2.05, 4.69) is 17.3 Å². The molecule has 5 nitrogen and oxygen atoms in total. The third kappa shape index (κ3) is 3.87. The number of hydrogen-bond donors (Lipinski definition) is 2. The minimum atomic E-state index is -0.521. The fourth-order valence-electron chi connectivity index (χ4n) is 2.58. The van der Waals surface area contributed by atoms with Crippen molar-refractivity contribution >= 4 is 0 Å². The van der Waals surface area contributed by atoms with Crippen molar-refractivity contribution < 1.29 is 14.6 Å². The number of ether oxygens (including phenoxy) is 2. The van der Waals surface area contributed by atoms with Crippen LogP contribution in [-0.2, 0) is 0 Å². The maximum absolute atomic E-state index is 10.2. The predicted molar refractivity (Wildman–Crippen MR) is 80.9 cm³/mol. The van der Waals surface area contributed by atoms with Gasteiger partial charge in [-0.2, -0.15) is 0 Å². The molecular weight excluding hydrogens is 268 g/mol. The van der Waals surface area contributed by atoms with E-state index in [0.717, 1.165) is 36.2 Å². The molecule has 0 spiro atoms. The molecule has 1 atom stereocenters. The second-order valence-electron chi connectivity index (χ2n) is 5.83. The van der Waals surface area contributed by atoms with Crippen molar-refractivity contribution in [1.82, 2.24) is 10.2 Å². The van der Waals surface area contributed by atoms with Gasteiger partial charge in [-0.3, -0.25) is 0 Å². The summed E-state index contributed by atoms with van der Waals surface area (Å²) in [5.41, 5.74) is 0.863. The van der Waals surface area contributed by atoms with Crippen LogP contribution in [0.25, 0.3) is 0 Å². The first-order valence-corrected chi connectivity index (χ1v) is 7.72. The monoisotopic (exact) mass is 292 g/mol. The Morgan fingerprint density at radius 1 is 1.29 bits per heavy atom. The molecule has 116 valence electrons. The van der Waals surface area contributed by atoms with Crippen LogP contribution < -0.4 is 14.8 Å². The van der Waals surface area contributed by atoms with E-state index in [1.54, 1.807) is 0 Å². The molecule has 5 heteroatoms. The zero-order chi connectivity index (χ0) is 14.7. The Balaban J connectivity index is 1.45. The normalized spacial score (nSPS) is 18.8. The van der Waals surface area contributed by atoms with Crippen LogP contribution in [0.2, 0.25) is 0 Å². The fraction of sp³-hybridized carbons (Fsp3) is 0.625. The van der Waals surface area contributed by atoms with Crippen LogP contribution in [0, 0.1) is 0 Å². The van der Waals surface area contributed by atoms with Gasteiger partial charge in [0, 0.05) is 25.7 Å². The Labute approximate surface area is 125 Å². The van der Waals surface area contributed by atoms with Gasteiger partial charge in [0.1, 0.15) is 13.2 Å². The molecule has 3 rings (SSSR count). The zero-order valence-electron chi connectivity index (χ0n) is 12.5. The molecule has 2 aliphatic rings. The highest BCUT2D eigenvalue weighted by Crippen LogP contribution is 2.32. The van der Waals surface area contributed by atoms with Crippen molar-refractivity contribution in [2.45, 2.75) is 25.0 Å². The summed E-state index contributed by atoms with van der Waals surface area (Å²) in [5.74, 6) is 1.49. The Kier molecular flexibility index (Phi) is 4.63. The van der Waals surface area contributed by atoms with E-state index in [4.69, 9.17) is 9.47 Å². The van der Waals surface area contributed by atoms with Gasteiger partial charge in [0.25, 0.3) is 0 Å². The molecule has 1 fully saturated rings. The van der Waals surface area contributed by atoms with Crippen LogP contribution in [-0.4, -0.2) is 55.9 Å². The highest BCUT2D eigenvalue weighted by atomic mass is 16.6. The quantitative estimate of drug-likeness (QED) is 0.739. The molecule has 0 bridgehead atoms. The van der Waals surface area contributed by atoms with Gasteiger partial charge in [0.05, 0.1) is 6.10 Å². The molecule has 0 saturated heterocycles. The molecule has 1 aromatic carbocycles. The Hall–Kier alpha value is -1.30. The average Bonchev–Trinajstić information content (AvgIpc) is 3.35. The van der Waals surface area contributed by atoms with E-state index >= 15 is 0 Å². The number of rotatable bonds is 7. The van der Waals surface area contributed by atoms with Crippen LogP contribution in [0.5, 0.6) is 11.5 Å². The van der Waals surface area contributed by atoms with E-state index < -0.39 is 6.10 Å². The lowest BCUT2D eigenvalue weighted by molar-refractivity contribution is 0.162. The highest BCUT2D eigenvalue weighted by Gasteiger charge is 2.25. The smallest absolute Gasteiger partial charge is 0.161 e. The summed E-state index contributed by atoms with van der Waals surface area (Å²) in [6.07, 6.45) is 2.14. The lowest BCUT2D eigenvalue weighted by Gasteiger charge is -2.21. The predicted octanol–water partition coefficient (Wildman–Crippen LogP) is 1.17. The largest absolute Gasteiger partial charge is 0.486 e. The summed E-state index contributed by atoms with van der Waals surface area (Å²) in [7, 11) is 2.16. The van der Waals surface area contributed by atoms with Crippen LogP contribution in [0.4, 0.5) is 0 Å². The van der Waals surface area contributed by atoms with Crippen LogP contribution >= 0.6 is 0 Å². The maximum Gasteiger partial charge on any atom is 0.161 e. The van der Waals surface area contributed by atoms with Crippen LogP contribution in [0.3, 0.4) is 0 Å². The molecule has 1 aliphatic carbocycles. The van der Waals surface area contributed by atoms with Crippen molar-refractivity contribution in [2.75, 3.05) is 39.9 Å². The van der Waals surface area contributed by atoms with Gasteiger partial charge >= 0.3 is 0 Å². The SMILES string of the molecule is CN(CCNCC(O)c1ccc2c(c1)OCCO2)C1CC1. The van der Waals surface area contributed by atoms with Crippen molar-refractivity contribution in [1.29, 1.82) is 0 Å². The first-order chi connectivity index (χ1) is 10.2. The zero-order valence-corrected chi connectivity index (χ0v) is 12.5. The van der Waals surface area contributed by atoms with Gasteiger partial charge in [-0.05, 0) is 37.6 Å². The number of nitrogens with zero attached hydrogens (tertiary/aromatic N) is 1. The number of hydrogen-bond acceptors (Lipinski definition) is 5. The number of benzene rings is 1. The van der Waals surface area contributed by atoms with Gasteiger partial charge in [-0.25, -0.2) is 0 Å². The topological polar surface area (TPSA) is 54.0 Å². The molecule has 2 N–H and O–H groups in total. The minimum Gasteiger partial charge on any atom is -0.486 e. The molecule has 1 aliphatic heterocycles. The second-order valence-corrected chi connectivity index (χ2v) is 5.83. The average molecular weight is 292 g/mol. The van der Waals surface area contributed by atoms with Crippen molar-refractivity contribution in [2.24, 2.45) is 0 Å². The molecule has 1 heterocycles. The number of aliphatic hydroxyl groups excluding tert-OH is 1. The van der Waals surface area contributed by atoms with Crippen molar-refractivity contribution in [3.63, 3.8) is 0 Å². The second kappa shape index (κ2) is 6.64. The maximum atomic E-state index is 10.2. The first-order valence-electron chi connectivity index (χ1n) is 7.72. The van der Waals surface area contributed by atoms with E-state index in [9.17, 15) is 5.11 Å². The molecule has 0 radical (unpaired) electrons. The molecule has 1 saturated carbocycles. The third-order valence-corrected chi connectivity index (χ3v) is 4.10. The lowest BCUT2D eigenvalue weighted by atomic mass is 10.1. The molecule has 1 aromatic rings. The van der Waals surface area contributed by atoms with Crippen molar-refractivity contribution in [3.05, 3.63) is 23.8 Å². The summed E-state index contributed by atoms with van der Waals surface area (Å²) in [5, 5.41) is 13.5. The Bertz CT molecular complexity index is 477. The molecular formula is C16H24N2O3. The van der Waals surface area contributed by atoms with Gasteiger partial charge in [-0.1, -0.05) is 6.07 Å². The summed E-state index contributed by atoms with van der Waals surface area (Å²) in [6, 6.07) is 6.43. The van der Waals surface area contributed by atoms with E-state index in [1.165, 1.54) is 12.8 Å². The molecule has 1 unspecified atom stereocenters. The first kappa shape index (κ1) is 14.6. The van der Waals surface area contributed by atoms with Crippen LogP contribution in [0.1, 0.15) is 24.5 Å². The molecule has 0 amide bonds. The number of fused-ring (bicyclic) bond motifs is 1. The van der Waals surface area contributed by atoms with Gasteiger partial charge in [-0.15, -0.1) is 0 Å². The number of likely N-dealkylation sites (N-methyl/N-ethyl adjacent to an activating group) is 1. The Morgan fingerprint density at radius 2 is 2.05 bits per heavy atom. The number of nitrogens with one attached hydrogen (secondary N) is 1. The van der Waals surface area contributed by atoms with Crippen LogP contribution in [0.15, 0.2) is 18.2 Å². The summed E-state index contributed by atoms with van der Waals surface area (Å²) < 4.78 is 11.0. The van der Waals surface area contributed by atoms with Gasteiger partial charge in [0.15, 0.2) is 11.5 Å². The summed E-state index contributed by atoms with van der Waals surface area (Å²) >= 11 is 0. The summed E-state index contributed by atoms with van der Waals surface area (Å²) in [4.78, 5) is 2.38. The van der Waals surface area contributed by atoms with E-state index in [-0.39, 0.29) is 0 Å². The van der Waals surface area contributed by atoms with E-state index in [0.29, 0.717) is 19.8 Å². The van der Waals surface area contributed by atoms with E-state index in [1.807, 2.05) is 18.2 Å².